The van der Waals surface area contributed by atoms with Gasteiger partial charge in [-0.15, -0.1) is 0 Å². The number of nitrogens with one attached hydrogen (secondary N) is 1. The molecule has 0 aliphatic carbocycles. The Kier molecular flexibility index (Phi) is 6.11. The van der Waals surface area contributed by atoms with Gasteiger partial charge in [0.05, 0.1) is 20.6 Å². The van der Waals surface area contributed by atoms with E-state index in [1.165, 1.54) is 14.2 Å². The molecule has 0 spiro atoms. The number of ether oxygens (including phenoxy) is 2. The number of esters is 1. The van der Waals surface area contributed by atoms with Crippen LogP contribution < -0.4 is 5.32 Å². The number of nitrogens with zero attached hydrogens (tertiary/aromatic N) is 1. The molecule has 0 unspecified atom stereocenters. The minimum atomic E-state index is -0.449. The second kappa shape index (κ2) is 7.60. The van der Waals surface area contributed by atoms with Crippen LogP contribution in [0.25, 0.3) is 0 Å². The van der Waals surface area contributed by atoms with Crippen molar-refractivity contribution >= 4 is 18.0 Å². The van der Waals surface area contributed by atoms with Gasteiger partial charge in [-0.3, -0.25) is 9.59 Å². The van der Waals surface area contributed by atoms with Crippen LogP contribution in [0.4, 0.5) is 4.79 Å². The highest BCUT2D eigenvalue weighted by Crippen LogP contribution is 2.12. The molecule has 7 nitrogen and oxygen atoms in total. The second-order valence-corrected chi connectivity index (χ2v) is 4.37. The Morgan fingerprint density at radius 2 is 1.74 bits per heavy atom. The lowest BCUT2D eigenvalue weighted by Crippen LogP contribution is -2.46. The zero-order valence-corrected chi connectivity index (χ0v) is 11.3. The highest BCUT2D eigenvalue weighted by atomic mass is 16.5. The first-order valence-electron chi connectivity index (χ1n) is 6.26. The molecule has 1 N–H and O–H groups in total. The second-order valence-electron chi connectivity index (χ2n) is 4.37. The highest BCUT2D eigenvalue weighted by molar-refractivity contribution is 5.81. The van der Waals surface area contributed by atoms with Crippen LogP contribution in [0.15, 0.2) is 0 Å². The van der Waals surface area contributed by atoms with Crippen LogP contribution >= 0.6 is 0 Å². The van der Waals surface area contributed by atoms with Gasteiger partial charge in [0.2, 0.25) is 5.91 Å². The maximum Gasteiger partial charge on any atom is 0.407 e. The van der Waals surface area contributed by atoms with Gasteiger partial charge in [-0.1, -0.05) is 0 Å². The smallest absolute Gasteiger partial charge is 0.407 e. The van der Waals surface area contributed by atoms with Crippen LogP contribution in [0.2, 0.25) is 0 Å². The zero-order valence-electron chi connectivity index (χ0n) is 11.3. The molecular weight excluding hydrogens is 252 g/mol. The van der Waals surface area contributed by atoms with E-state index < -0.39 is 6.09 Å². The lowest BCUT2D eigenvalue weighted by molar-refractivity contribution is -0.143. The lowest BCUT2D eigenvalue weighted by Gasteiger charge is -2.32. The Balaban J connectivity index is 2.27. The molecule has 1 saturated heterocycles. The third-order valence-electron chi connectivity index (χ3n) is 3.13. The van der Waals surface area contributed by atoms with Crippen molar-refractivity contribution in [2.45, 2.75) is 31.7 Å². The lowest BCUT2D eigenvalue weighted by atomic mass is 10.0. The van der Waals surface area contributed by atoms with Crippen molar-refractivity contribution in [3.05, 3.63) is 0 Å². The number of piperidine rings is 1. The first-order valence-corrected chi connectivity index (χ1v) is 6.26. The maximum atomic E-state index is 11.8. The van der Waals surface area contributed by atoms with E-state index >= 15 is 0 Å². The number of alkyl carbamates (subject to hydrolysis) is 1. The largest absolute Gasteiger partial charge is 0.469 e. The van der Waals surface area contributed by atoms with Crippen molar-refractivity contribution in [1.82, 2.24) is 10.2 Å². The van der Waals surface area contributed by atoms with E-state index in [4.69, 9.17) is 0 Å². The Morgan fingerprint density at radius 3 is 2.26 bits per heavy atom. The Labute approximate surface area is 112 Å². The SMILES string of the molecule is COC(=O)CCC(=O)N1CCC(NC(=O)OC)CC1. The molecule has 1 heterocycles. The van der Waals surface area contributed by atoms with Crippen LogP contribution in [-0.4, -0.2) is 56.2 Å². The molecular formula is C12H20N2O5. The Bertz CT molecular complexity index is 337. The summed E-state index contributed by atoms with van der Waals surface area (Å²) in [6.07, 6.45) is 1.21. The first-order chi connectivity index (χ1) is 9.06. The maximum absolute atomic E-state index is 11.8. The van der Waals surface area contributed by atoms with Crippen LogP contribution in [-0.2, 0) is 19.1 Å². The minimum Gasteiger partial charge on any atom is -0.469 e. The summed E-state index contributed by atoms with van der Waals surface area (Å²) in [5, 5.41) is 2.71. The minimum absolute atomic E-state index is 0.0390. The van der Waals surface area contributed by atoms with Crippen molar-refractivity contribution in [1.29, 1.82) is 0 Å². The molecule has 0 atom stereocenters. The number of amides is 2. The molecule has 108 valence electrons. The summed E-state index contributed by atoms with van der Waals surface area (Å²) in [7, 11) is 2.62. The molecule has 7 heteroatoms. The van der Waals surface area contributed by atoms with Crippen LogP contribution in [0.1, 0.15) is 25.7 Å². The standard InChI is InChI=1S/C12H20N2O5/c1-18-11(16)4-3-10(15)14-7-5-9(6-8-14)13-12(17)19-2/h9H,3-8H2,1-2H3,(H,13,17). The average molecular weight is 272 g/mol. The number of carbonyl (C=O) groups is 3. The van der Waals surface area contributed by atoms with Gasteiger partial charge in [-0.05, 0) is 12.8 Å². The van der Waals surface area contributed by atoms with E-state index in [0.717, 1.165) is 0 Å². The van der Waals surface area contributed by atoms with Crippen molar-refractivity contribution < 1.29 is 23.9 Å². The average Bonchev–Trinajstić information content (AvgIpc) is 2.44. The molecule has 0 aromatic rings. The molecule has 0 aromatic heterocycles. The Hall–Kier alpha value is -1.79. The van der Waals surface area contributed by atoms with E-state index in [1.54, 1.807) is 4.90 Å². The molecule has 0 aromatic carbocycles. The van der Waals surface area contributed by atoms with E-state index in [-0.39, 0.29) is 30.8 Å². The van der Waals surface area contributed by atoms with Gasteiger partial charge in [0.25, 0.3) is 0 Å². The topological polar surface area (TPSA) is 84.9 Å². The van der Waals surface area contributed by atoms with Crippen molar-refractivity contribution in [2.75, 3.05) is 27.3 Å². The fourth-order valence-electron chi connectivity index (χ4n) is 1.97. The van der Waals surface area contributed by atoms with Crippen molar-refractivity contribution in [2.24, 2.45) is 0 Å². The van der Waals surface area contributed by atoms with Crippen LogP contribution in [0.5, 0.6) is 0 Å². The molecule has 1 rings (SSSR count). The van der Waals surface area contributed by atoms with E-state index in [1.807, 2.05) is 0 Å². The van der Waals surface area contributed by atoms with Crippen molar-refractivity contribution in [3.8, 4) is 0 Å². The summed E-state index contributed by atoms with van der Waals surface area (Å²) in [4.78, 5) is 35.5. The van der Waals surface area contributed by atoms with E-state index in [0.29, 0.717) is 25.9 Å². The summed E-state index contributed by atoms with van der Waals surface area (Å²) in [6, 6.07) is 0.0390. The molecule has 0 bridgehead atoms. The van der Waals surface area contributed by atoms with Gasteiger partial charge in [-0.2, -0.15) is 0 Å². The summed E-state index contributed by atoms with van der Waals surface area (Å²) in [6.45, 7) is 1.16. The summed E-state index contributed by atoms with van der Waals surface area (Å²) < 4.78 is 9.01. The van der Waals surface area contributed by atoms with Gasteiger partial charge in [0, 0.05) is 25.6 Å². The number of methoxy groups -OCH3 is 2. The van der Waals surface area contributed by atoms with Gasteiger partial charge < -0.3 is 19.7 Å². The molecule has 1 aliphatic heterocycles. The van der Waals surface area contributed by atoms with E-state index in [9.17, 15) is 14.4 Å². The number of rotatable bonds is 4. The molecule has 0 radical (unpaired) electrons. The fraction of sp³-hybridized carbons (Fsp3) is 0.750. The highest BCUT2D eigenvalue weighted by Gasteiger charge is 2.24. The molecule has 0 saturated carbocycles. The van der Waals surface area contributed by atoms with Gasteiger partial charge in [0.1, 0.15) is 0 Å². The van der Waals surface area contributed by atoms with Crippen LogP contribution in [0.3, 0.4) is 0 Å². The molecule has 19 heavy (non-hydrogen) atoms. The number of hydrogen-bond donors (Lipinski definition) is 1. The quantitative estimate of drug-likeness (QED) is 0.743. The van der Waals surface area contributed by atoms with E-state index in [2.05, 4.69) is 14.8 Å². The molecule has 2 amide bonds. The van der Waals surface area contributed by atoms with Gasteiger partial charge in [-0.25, -0.2) is 4.79 Å². The summed E-state index contributed by atoms with van der Waals surface area (Å²) >= 11 is 0. The normalized spacial score (nSPS) is 15.8. The zero-order chi connectivity index (χ0) is 14.3. The number of hydrogen-bond acceptors (Lipinski definition) is 5. The monoisotopic (exact) mass is 272 g/mol. The number of carbonyl (C=O) groups excluding carboxylic acids is 3. The third-order valence-corrected chi connectivity index (χ3v) is 3.13. The molecule has 1 aliphatic rings. The Morgan fingerprint density at radius 1 is 1.11 bits per heavy atom. The van der Waals surface area contributed by atoms with Crippen molar-refractivity contribution in [3.63, 3.8) is 0 Å². The summed E-state index contributed by atoms with van der Waals surface area (Å²) in [5.74, 6) is -0.433. The number of likely N-dealkylation sites (tertiary alicyclic amines) is 1. The third kappa shape index (κ3) is 5.15. The predicted molar refractivity (Wildman–Crippen MR) is 66.4 cm³/mol. The summed E-state index contributed by atoms with van der Waals surface area (Å²) in [5.41, 5.74) is 0. The fourth-order valence-corrected chi connectivity index (χ4v) is 1.97. The predicted octanol–water partition coefficient (Wildman–Crippen LogP) is 0.287. The van der Waals surface area contributed by atoms with Gasteiger partial charge in [0.15, 0.2) is 0 Å². The first kappa shape index (κ1) is 15.3. The van der Waals surface area contributed by atoms with Gasteiger partial charge >= 0.3 is 12.1 Å². The molecule has 1 fully saturated rings. The van der Waals surface area contributed by atoms with Crippen LogP contribution in [0, 0.1) is 0 Å².